The zero-order chi connectivity index (χ0) is 13.2. The first-order valence-corrected chi connectivity index (χ1v) is 6.68. The number of aromatic nitrogens is 5. The largest absolute Gasteiger partial charge is 0.306 e. The molecule has 3 aromatic heterocycles. The van der Waals surface area contributed by atoms with E-state index in [9.17, 15) is 0 Å². The van der Waals surface area contributed by atoms with Gasteiger partial charge in [0.1, 0.15) is 4.60 Å². The molecule has 0 radical (unpaired) electrons. The molecule has 3 aromatic rings. The summed E-state index contributed by atoms with van der Waals surface area (Å²) >= 11 is 3.37. The lowest BCUT2D eigenvalue weighted by atomic mass is 10.4. The summed E-state index contributed by atoms with van der Waals surface area (Å²) < 4.78 is 4.68. The lowest BCUT2D eigenvalue weighted by Gasteiger charge is -2.05. The number of hydrogen-bond donors (Lipinski definition) is 1. The summed E-state index contributed by atoms with van der Waals surface area (Å²) in [5, 5.41) is 7.52. The maximum atomic E-state index is 4.32. The van der Waals surface area contributed by atoms with E-state index >= 15 is 0 Å². The van der Waals surface area contributed by atoms with Gasteiger partial charge in [-0.2, -0.15) is 5.10 Å². The normalized spacial score (nSPS) is 11.3. The quantitative estimate of drug-likeness (QED) is 0.791. The minimum atomic E-state index is 0.739. The van der Waals surface area contributed by atoms with Crippen molar-refractivity contribution in [1.82, 2.24) is 29.5 Å². The summed E-state index contributed by atoms with van der Waals surface area (Å²) in [6, 6.07) is 2.00. The molecule has 0 unspecified atom stereocenters. The van der Waals surface area contributed by atoms with E-state index in [-0.39, 0.29) is 0 Å². The van der Waals surface area contributed by atoms with Crippen molar-refractivity contribution in [2.75, 3.05) is 0 Å². The van der Waals surface area contributed by atoms with E-state index in [1.165, 1.54) is 0 Å². The smallest absolute Gasteiger partial charge is 0.155 e. The Bertz CT molecular complexity index is 701. The Hall–Kier alpha value is -1.73. The van der Waals surface area contributed by atoms with Crippen LogP contribution in [-0.4, -0.2) is 24.1 Å². The molecular weight excluding hydrogens is 308 g/mol. The van der Waals surface area contributed by atoms with Crippen molar-refractivity contribution in [3.63, 3.8) is 0 Å². The van der Waals surface area contributed by atoms with Crippen LogP contribution in [0.3, 0.4) is 0 Å². The van der Waals surface area contributed by atoms with Crippen molar-refractivity contribution in [2.45, 2.75) is 13.1 Å². The number of hydrogen-bond acceptors (Lipinski definition) is 4. The molecule has 0 aliphatic heterocycles. The number of aryl methyl sites for hydroxylation is 1. The Balaban J connectivity index is 1.72. The number of halogens is 1. The van der Waals surface area contributed by atoms with Crippen LogP contribution in [0.1, 0.15) is 11.4 Å². The van der Waals surface area contributed by atoms with E-state index in [4.69, 9.17) is 0 Å². The SMILES string of the molecule is Cn1nccc1CNCc1cnc2cnc(Br)cn12. The highest BCUT2D eigenvalue weighted by molar-refractivity contribution is 9.10. The molecule has 0 amide bonds. The first-order valence-electron chi connectivity index (χ1n) is 5.89. The molecule has 0 aromatic carbocycles. The van der Waals surface area contributed by atoms with Crippen LogP contribution >= 0.6 is 15.9 Å². The standard InChI is InChI=1S/C12H13BrN6/c1-18-9(2-3-17-18)4-14-5-10-6-16-12-7-15-11(13)8-19(10)12/h2-3,6-8,14H,4-5H2,1H3. The van der Waals surface area contributed by atoms with Crippen LogP contribution in [0.4, 0.5) is 0 Å². The molecular formula is C12H13BrN6. The van der Waals surface area contributed by atoms with Crippen molar-refractivity contribution >= 4 is 21.6 Å². The first kappa shape index (κ1) is 12.3. The molecule has 7 heteroatoms. The van der Waals surface area contributed by atoms with Gasteiger partial charge < -0.3 is 5.32 Å². The molecule has 98 valence electrons. The fourth-order valence-electron chi connectivity index (χ4n) is 1.94. The number of nitrogens with zero attached hydrogens (tertiary/aromatic N) is 5. The number of nitrogens with one attached hydrogen (secondary N) is 1. The lowest BCUT2D eigenvalue weighted by molar-refractivity contribution is 0.618. The molecule has 0 aliphatic carbocycles. The van der Waals surface area contributed by atoms with Gasteiger partial charge in [-0.1, -0.05) is 0 Å². The molecule has 0 atom stereocenters. The van der Waals surface area contributed by atoms with E-state index < -0.39 is 0 Å². The summed E-state index contributed by atoms with van der Waals surface area (Å²) in [5.41, 5.74) is 3.09. The van der Waals surface area contributed by atoms with E-state index in [0.717, 1.165) is 34.7 Å². The molecule has 0 bridgehead atoms. The highest BCUT2D eigenvalue weighted by atomic mass is 79.9. The third-order valence-electron chi connectivity index (χ3n) is 2.98. The van der Waals surface area contributed by atoms with Crippen LogP contribution in [0.2, 0.25) is 0 Å². The lowest BCUT2D eigenvalue weighted by Crippen LogP contribution is -2.16. The van der Waals surface area contributed by atoms with E-state index in [2.05, 4.69) is 36.3 Å². The molecule has 0 fully saturated rings. The van der Waals surface area contributed by atoms with Gasteiger partial charge in [0.15, 0.2) is 5.65 Å². The monoisotopic (exact) mass is 320 g/mol. The van der Waals surface area contributed by atoms with E-state index in [0.29, 0.717) is 0 Å². The van der Waals surface area contributed by atoms with Gasteiger partial charge in [-0.05, 0) is 22.0 Å². The third-order valence-corrected chi connectivity index (χ3v) is 3.39. The van der Waals surface area contributed by atoms with Crippen molar-refractivity contribution in [2.24, 2.45) is 7.05 Å². The minimum Gasteiger partial charge on any atom is -0.306 e. The van der Waals surface area contributed by atoms with E-state index in [1.807, 2.05) is 34.6 Å². The summed E-state index contributed by atoms with van der Waals surface area (Å²) in [6.07, 6.45) is 7.33. The molecule has 0 spiro atoms. The number of imidazole rings is 1. The molecule has 0 saturated carbocycles. The second kappa shape index (κ2) is 5.10. The van der Waals surface area contributed by atoms with Gasteiger partial charge >= 0.3 is 0 Å². The van der Waals surface area contributed by atoms with Gasteiger partial charge in [-0.3, -0.25) is 9.08 Å². The fourth-order valence-corrected chi connectivity index (χ4v) is 2.25. The zero-order valence-corrected chi connectivity index (χ0v) is 12.0. The van der Waals surface area contributed by atoms with Crippen molar-refractivity contribution in [3.05, 3.63) is 46.8 Å². The van der Waals surface area contributed by atoms with Gasteiger partial charge in [0.2, 0.25) is 0 Å². The number of fused-ring (bicyclic) bond motifs is 1. The average molecular weight is 321 g/mol. The van der Waals surface area contributed by atoms with Crippen LogP contribution < -0.4 is 5.32 Å². The van der Waals surface area contributed by atoms with Gasteiger partial charge in [0, 0.05) is 32.5 Å². The van der Waals surface area contributed by atoms with E-state index in [1.54, 1.807) is 12.4 Å². The van der Waals surface area contributed by atoms with Gasteiger partial charge in [-0.15, -0.1) is 0 Å². The first-order chi connectivity index (χ1) is 9.24. The van der Waals surface area contributed by atoms with Crippen LogP contribution in [0.15, 0.2) is 35.5 Å². The van der Waals surface area contributed by atoms with Crippen LogP contribution in [0.25, 0.3) is 5.65 Å². The molecule has 6 nitrogen and oxygen atoms in total. The molecule has 3 heterocycles. The van der Waals surface area contributed by atoms with Crippen molar-refractivity contribution in [3.8, 4) is 0 Å². The van der Waals surface area contributed by atoms with Gasteiger partial charge in [0.05, 0.1) is 23.8 Å². The fraction of sp³-hybridized carbons (Fsp3) is 0.250. The summed E-state index contributed by atoms with van der Waals surface area (Å²) in [5.74, 6) is 0. The van der Waals surface area contributed by atoms with Crippen LogP contribution in [0.5, 0.6) is 0 Å². The molecule has 1 N–H and O–H groups in total. The second-order valence-electron chi connectivity index (χ2n) is 4.24. The summed E-state index contributed by atoms with van der Waals surface area (Å²) in [7, 11) is 1.94. The average Bonchev–Trinajstić information content (AvgIpc) is 2.97. The summed E-state index contributed by atoms with van der Waals surface area (Å²) in [6.45, 7) is 1.51. The Kier molecular flexibility index (Phi) is 3.31. The maximum absolute atomic E-state index is 4.32. The minimum absolute atomic E-state index is 0.739. The number of rotatable bonds is 4. The van der Waals surface area contributed by atoms with Crippen LogP contribution in [-0.2, 0) is 20.1 Å². The Morgan fingerprint density at radius 2 is 2.05 bits per heavy atom. The van der Waals surface area contributed by atoms with Crippen LogP contribution in [0, 0.1) is 0 Å². The summed E-state index contributed by atoms with van der Waals surface area (Å²) in [4.78, 5) is 8.47. The topological polar surface area (TPSA) is 60.0 Å². The highest BCUT2D eigenvalue weighted by Gasteiger charge is 2.04. The Morgan fingerprint density at radius 3 is 2.84 bits per heavy atom. The molecule has 0 saturated heterocycles. The third kappa shape index (κ3) is 2.52. The Labute approximate surface area is 118 Å². The zero-order valence-electron chi connectivity index (χ0n) is 10.4. The van der Waals surface area contributed by atoms with Crippen molar-refractivity contribution in [1.29, 1.82) is 0 Å². The van der Waals surface area contributed by atoms with Gasteiger partial charge in [-0.25, -0.2) is 9.97 Å². The molecule has 0 aliphatic rings. The predicted molar refractivity (Wildman–Crippen MR) is 74.4 cm³/mol. The molecule has 3 rings (SSSR count). The second-order valence-corrected chi connectivity index (χ2v) is 5.05. The maximum Gasteiger partial charge on any atom is 0.155 e. The van der Waals surface area contributed by atoms with Gasteiger partial charge in [0.25, 0.3) is 0 Å². The predicted octanol–water partition coefficient (Wildman–Crippen LogP) is 1.52. The highest BCUT2D eigenvalue weighted by Crippen LogP contribution is 2.10. The molecule has 19 heavy (non-hydrogen) atoms. The van der Waals surface area contributed by atoms with Crippen molar-refractivity contribution < 1.29 is 0 Å². The Morgan fingerprint density at radius 1 is 1.21 bits per heavy atom.